The van der Waals surface area contributed by atoms with Gasteiger partial charge in [0.25, 0.3) is 0 Å². The fourth-order valence-electron chi connectivity index (χ4n) is 2.51. The summed E-state index contributed by atoms with van der Waals surface area (Å²) in [4.78, 5) is 33.0. The van der Waals surface area contributed by atoms with Gasteiger partial charge < -0.3 is 0 Å². The topological polar surface area (TPSA) is 58.9 Å². The summed E-state index contributed by atoms with van der Waals surface area (Å²) in [7, 11) is 0. The van der Waals surface area contributed by atoms with Crippen molar-refractivity contribution in [3.8, 4) is 0 Å². The molecule has 0 spiro atoms. The molecule has 27 heavy (non-hydrogen) atoms. The fourth-order valence-corrected chi connectivity index (χ4v) is 2.51. The number of ketones is 2. The Morgan fingerprint density at radius 2 is 1.00 bits per heavy atom. The van der Waals surface area contributed by atoms with Crippen molar-refractivity contribution in [2.24, 2.45) is 9.98 Å². The molecule has 0 saturated carbocycles. The Balaban J connectivity index is 0.00000364. The van der Waals surface area contributed by atoms with Crippen molar-refractivity contribution in [2.45, 2.75) is 26.7 Å². The zero-order chi connectivity index (χ0) is 18.8. The van der Waals surface area contributed by atoms with Crippen LogP contribution in [0.5, 0.6) is 0 Å². The van der Waals surface area contributed by atoms with Gasteiger partial charge in [0.2, 0.25) is 0 Å². The molecule has 5 heteroatoms. The van der Waals surface area contributed by atoms with Crippen molar-refractivity contribution in [3.63, 3.8) is 0 Å². The third kappa shape index (κ3) is 8.24. The Labute approximate surface area is 171 Å². The molecule has 0 bridgehead atoms. The third-order valence-electron chi connectivity index (χ3n) is 3.89. The normalized spacial score (nSPS) is 11.6. The zero-order valence-electron chi connectivity index (χ0n) is 15.6. The monoisotopic (exact) mass is 407 g/mol. The molecule has 0 N–H and O–H groups in total. The zero-order valence-corrected chi connectivity index (χ0v) is 16.7. The van der Waals surface area contributed by atoms with Crippen LogP contribution in [0.15, 0.2) is 70.6 Å². The van der Waals surface area contributed by atoms with Gasteiger partial charge in [-0.25, -0.2) is 0 Å². The van der Waals surface area contributed by atoms with Gasteiger partial charge in [-0.1, -0.05) is 60.7 Å². The smallest absolute Gasteiger partial charge is 0.168 e. The van der Waals surface area contributed by atoms with Crippen LogP contribution in [0.25, 0.3) is 0 Å². The Morgan fingerprint density at radius 1 is 0.667 bits per heavy atom. The van der Waals surface area contributed by atoms with E-state index >= 15 is 0 Å². The molecule has 2 aromatic carbocycles. The van der Waals surface area contributed by atoms with Gasteiger partial charge in [0, 0.05) is 52.2 Å². The molecule has 143 valence electrons. The number of benzene rings is 2. The molecule has 2 aromatic rings. The van der Waals surface area contributed by atoms with Crippen LogP contribution >= 0.6 is 0 Å². The van der Waals surface area contributed by atoms with E-state index in [1.165, 1.54) is 0 Å². The van der Waals surface area contributed by atoms with Crippen LogP contribution in [-0.2, 0) is 16.8 Å². The van der Waals surface area contributed by atoms with Crippen LogP contribution in [0.4, 0.5) is 0 Å². The largest absolute Gasteiger partial charge is 0.294 e. The maximum absolute atomic E-state index is 12.1. The van der Waals surface area contributed by atoms with E-state index in [1.54, 1.807) is 0 Å². The minimum absolute atomic E-state index is 0. The van der Waals surface area contributed by atoms with Gasteiger partial charge in [0.1, 0.15) is 0 Å². The molecule has 0 aromatic heterocycles. The van der Waals surface area contributed by atoms with E-state index in [2.05, 4.69) is 9.98 Å². The fraction of sp³-hybridized carbons (Fsp3) is 0.273. The molecule has 0 unspecified atom stereocenters. The number of rotatable bonds is 9. The number of hydrogen-bond donors (Lipinski definition) is 0. The summed E-state index contributed by atoms with van der Waals surface area (Å²) in [5.41, 5.74) is 3.00. The first-order chi connectivity index (χ1) is 12.6. The average Bonchev–Trinajstić information content (AvgIpc) is 2.66. The first kappa shape index (κ1) is 22.7. The van der Waals surface area contributed by atoms with Gasteiger partial charge >= 0.3 is 0 Å². The van der Waals surface area contributed by atoms with E-state index in [4.69, 9.17) is 0 Å². The third-order valence-corrected chi connectivity index (χ3v) is 3.89. The molecule has 0 atom stereocenters. The molecule has 2 rings (SSSR count). The van der Waals surface area contributed by atoms with Crippen molar-refractivity contribution in [1.29, 1.82) is 0 Å². The average molecular weight is 407 g/mol. The standard InChI is InChI=1S/C22H24N2O2.Co/c1-17(15-21(25)19-9-5-3-6-10-19)23-13-14-24-18(2)16-22(26)20-11-7-4-8-12-20;/h3-12H,13-16H2,1-2H3;. The Morgan fingerprint density at radius 3 is 1.33 bits per heavy atom. The molecule has 0 amide bonds. The summed E-state index contributed by atoms with van der Waals surface area (Å²) in [6, 6.07) is 18.4. The number of carbonyl (C=O) groups excluding carboxylic acids is 2. The maximum Gasteiger partial charge on any atom is 0.168 e. The van der Waals surface area contributed by atoms with Crippen molar-refractivity contribution in [3.05, 3.63) is 71.8 Å². The van der Waals surface area contributed by atoms with Gasteiger partial charge in [0.15, 0.2) is 11.6 Å². The number of aliphatic imine (C=N–C) groups is 2. The van der Waals surface area contributed by atoms with Gasteiger partial charge in [-0.05, 0) is 13.8 Å². The van der Waals surface area contributed by atoms with E-state index in [9.17, 15) is 9.59 Å². The van der Waals surface area contributed by atoms with Gasteiger partial charge in [0.05, 0.1) is 13.1 Å². The number of Topliss-reactive ketones (excluding diaryl/α,β-unsaturated/α-hetero) is 2. The van der Waals surface area contributed by atoms with E-state index in [-0.39, 0.29) is 28.3 Å². The minimum atomic E-state index is 0. The Hall–Kier alpha value is -2.37. The van der Waals surface area contributed by atoms with Gasteiger partial charge in [-0.3, -0.25) is 19.6 Å². The predicted molar refractivity (Wildman–Crippen MR) is 107 cm³/mol. The molecule has 0 saturated heterocycles. The molecule has 0 aliphatic carbocycles. The van der Waals surface area contributed by atoms with E-state index < -0.39 is 0 Å². The van der Waals surface area contributed by atoms with Crippen LogP contribution in [0.3, 0.4) is 0 Å². The molecule has 1 radical (unpaired) electrons. The van der Waals surface area contributed by atoms with Crippen LogP contribution in [0.2, 0.25) is 0 Å². The summed E-state index contributed by atoms with van der Waals surface area (Å²) < 4.78 is 0. The van der Waals surface area contributed by atoms with Gasteiger partial charge in [-0.15, -0.1) is 0 Å². The van der Waals surface area contributed by atoms with Crippen LogP contribution < -0.4 is 0 Å². The van der Waals surface area contributed by atoms with Crippen LogP contribution in [-0.4, -0.2) is 36.1 Å². The van der Waals surface area contributed by atoms with E-state index in [0.29, 0.717) is 37.1 Å². The van der Waals surface area contributed by atoms with Crippen molar-refractivity contribution in [2.75, 3.05) is 13.1 Å². The van der Waals surface area contributed by atoms with Gasteiger partial charge in [-0.2, -0.15) is 0 Å². The molecular formula is C22H24CoN2O2. The summed E-state index contributed by atoms with van der Waals surface area (Å²) >= 11 is 0. The first-order valence-corrected chi connectivity index (χ1v) is 8.72. The maximum atomic E-state index is 12.1. The molecule has 0 heterocycles. The van der Waals surface area contributed by atoms with E-state index in [0.717, 1.165) is 11.4 Å². The van der Waals surface area contributed by atoms with Crippen LogP contribution in [0.1, 0.15) is 47.4 Å². The SMILES string of the molecule is CC(CC(=O)c1ccccc1)=NCCN=C(C)CC(=O)c1ccccc1.[Co]. The summed E-state index contributed by atoms with van der Waals surface area (Å²) in [6.07, 6.45) is 0.637. The quantitative estimate of drug-likeness (QED) is 0.350. The van der Waals surface area contributed by atoms with E-state index in [1.807, 2.05) is 74.5 Å². The molecule has 0 aliphatic rings. The summed E-state index contributed by atoms with van der Waals surface area (Å²) in [5, 5.41) is 0. The minimum Gasteiger partial charge on any atom is -0.294 e. The molecule has 4 nitrogen and oxygen atoms in total. The number of carbonyl (C=O) groups is 2. The number of hydrogen-bond acceptors (Lipinski definition) is 4. The van der Waals surface area contributed by atoms with Crippen molar-refractivity contribution >= 4 is 23.0 Å². The van der Waals surface area contributed by atoms with Crippen molar-refractivity contribution in [1.82, 2.24) is 0 Å². The Kier molecular flexibility index (Phi) is 10.2. The molecule has 0 aliphatic heterocycles. The first-order valence-electron chi connectivity index (χ1n) is 8.72. The predicted octanol–water partition coefficient (Wildman–Crippen LogP) is 4.45. The second kappa shape index (κ2) is 12.1. The second-order valence-corrected chi connectivity index (χ2v) is 6.17. The number of nitrogens with zero attached hydrogens (tertiary/aromatic N) is 2. The van der Waals surface area contributed by atoms with Crippen LogP contribution in [0, 0.1) is 0 Å². The van der Waals surface area contributed by atoms with Crippen molar-refractivity contribution < 1.29 is 26.4 Å². The molecule has 0 fully saturated rings. The Bertz CT molecular complexity index is 730. The second-order valence-electron chi connectivity index (χ2n) is 6.17. The summed E-state index contributed by atoms with van der Waals surface area (Å²) in [6.45, 7) is 4.75. The molecular weight excluding hydrogens is 383 g/mol. The summed E-state index contributed by atoms with van der Waals surface area (Å²) in [5.74, 6) is 0.139.